The van der Waals surface area contributed by atoms with E-state index in [2.05, 4.69) is 26.6 Å². The Bertz CT molecular complexity index is 410. The van der Waals surface area contributed by atoms with Crippen LogP contribution in [0, 0.1) is 6.92 Å². The number of hydrogen-bond donors (Lipinski definition) is 3. The number of aliphatic hydroxyl groups excluding tert-OH is 1. The molecule has 18 heavy (non-hydrogen) atoms. The molecule has 0 spiro atoms. The van der Waals surface area contributed by atoms with Crippen LogP contribution >= 0.6 is 15.9 Å². The first-order chi connectivity index (χ1) is 8.56. The van der Waals surface area contributed by atoms with Crippen molar-refractivity contribution in [3.05, 3.63) is 28.2 Å². The average molecular weight is 315 g/mol. The number of nitrogens with one attached hydrogen (secondary N) is 2. The van der Waals surface area contributed by atoms with E-state index in [0.29, 0.717) is 6.42 Å². The van der Waals surface area contributed by atoms with Gasteiger partial charge in [-0.2, -0.15) is 0 Å². The van der Waals surface area contributed by atoms with Crippen molar-refractivity contribution in [2.45, 2.75) is 32.7 Å². The normalized spacial score (nSPS) is 12.0. The minimum absolute atomic E-state index is 0.000719. The Hall–Kier alpha value is -1.07. The van der Waals surface area contributed by atoms with Gasteiger partial charge in [0.1, 0.15) is 0 Å². The van der Waals surface area contributed by atoms with Crippen molar-refractivity contribution in [1.82, 2.24) is 5.32 Å². The Kier molecular flexibility index (Phi) is 6.15. The molecule has 100 valence electrons. The van der Waals surface area contributed by atoms with E-state index in [-0.39, 0.29) is 18.7 Å². The topological polar surface area (TPSA) is 61.4 Å². The summed E-state index contributed by atoms with van der Waals surface area (Å²) in [6.45, 7) is 4.04. The van der Waals surface area contributed by atoms with E-state index in [9.17, 15) is 4.79 Å². The minimum atomic E-state index is -0.250. The number of rotatable bonds is 5. The number of aliphatic hydroxyl groups is 1. The van der Waals surface area contributed by atoms with Crippen LogP contribution in [0.2, 0.25) is 0 Å². The molecule has 4 nitrogen and oxygen atoms in total. The number of urea groups is 1. The lowest BCUT2D eigenvalue weighted by molar-refractivity contribution is 0.237. The summed E-state index contributed by atoms with van der Waals surface area (Å²) in [5.41, 5.74) is 1.86. The molecule has 0 saturated carbocycles. The van der Waals surface area contributed by atoms with Gasteiger partial charge in [-0.1, -0.05) is 13.0 Å². The molecule has 0 saturated heterocycles. The van der Waals surface area contributed by atoms with Crippen LogP contribution in [-0.4, -0.2) is 23.8 Å². The minimum Gasteiger partial charge on any atom is -0.396 e. The van der Waals surface area contributed by atoms with E-state index in [1.165, 1.54) is 0 Å². The smallest absolute Gasteiger partial charge is 0.319 e. The summed E-state index contributed by atoms with van der Waals surface area (Å²) in [7, 11) is 0. The molecule has 0 fully saturated rings. The molecular weight excluding hydrogens is 296 g/mol. The second-order valence-corrected chi connectivity index (χ2v) is 5.05. The van der Waals surface area contributed by atoms with Crippen LogP contribution in [0.4, 0.5) is 10.5 Å². The van der Waals surface area contributed by atoms with E-state index in [1.54, 1.807) is 0 Å². The van der Waals surface area contributed by atoms with Crippen LogP contribution in [-0.2, 0) is 0 Å². The van der Waals surface area contributed by atoms with Gasteiger partial charge < -0.3 is 15.7 Å². The van der Waals surface area contributed by atoms with E-state index >= 15 is 0 Å². The van der Waals surface area contributed by atoms with Crippen LogP contribution in [0.25, 0.3) is 0 Å². The molecule has 0 aliphatic rings. The summed E-state index contributed by atoms with van der Waals surface area (Å²) in [6, 6.07) is 5.48. The Labute approximate surface area is 116 Å². The Morgan fingerprint density at radius 2 is 2.22 bits per heavy atom. The number of halogens is 1. The van der Waals surface area contributed by atoms with E-state index in [0.717, 1.165) is 22.1 Å². The monoisotopic (exact) mass is 314 g/mol. The highest BCUT2D eigenvalue weighted by Gasteiger charge is 2.10. The number of aryl methyl sites for hydroxylation is 1. The van der Waals surface area contributed by atoms with Crippen LogP contribution in [0.15, 0.2) is 22.7 Å². The quantitative estimate of drug-likeness (QED) is 0.782. The zero-order chi connectivity index (χ0) is 13.5. The van der Waals surface area contributed by atoms with Crippen molar-refractivity contribution in [1.29, 1.82) is 0 Å². The lowest BCUT2D eigenvalue weighted by Gasteiger charge is -2.16. The lowest BCUT2D eigenvalue weighted by atomic mass is 10.1. The molecule has 2 amide bonds. The summed E-state index contributed by atoms with van der Waals surface area (Å²) in [5.74, 6) is 0. The lowest BCUT2D eigenvalue weighted by Crippen LogP contribution is -2.38. The highest BCUT2D eigenvalue weighted by molar-refractivity contribution is 9.10. The van der Waals surface area contributed by atoms with Gasteiger partial charge in [0, 0.05) is 17.1 Å². The fourth-order valence-corrected chi connectivity index (χ4v) is 2.19. The number of amides is 2. The summed E-state index contributed by atoms with van der Waals surface area (Å²) >= 11 is 3.41. The van der Waals surface area contributed by atoms with Crippen molar-refractivity contribution >= 4 is 27.6 Å². The summed E-state index contributed by atoms with van der Waals surface area (Å²) in [6.07, 6.45) is 1.36. The molecule has 1 aromatic carbocycles. The van der Waals surface area contributed by atoms with Gasteiger partial charge in [-0.05, 0) is 53.4 Å². The van der Waals surface area contributed by atoms with Gasteiger partial charge in [0.15, 0.2) is 0 Å². The zero-order valence-electron chi connectivity index (χ0n) is 10.7. The van der Waals surface area contributed by atoms with Gasteiger partial charge in [-0.15, -0.1) is 0 Å². The van der Waals surface area contributed by atoms with Gasteiger partial charge in [0.05, 0.1) is 5.69 Å². The maximum absolute atomic E-state index is 11.8. The van der Waals surface area contributed by atoms with Crippen LogP contribution < -0.4 is 10.6 Å². The number of carbonyl (C=O) groups excluding carboxylic acids is 1. The number of benzene rings is 1. The standard InChI is InChI=1S/C13H19BrN2O2/c1-3-10(6-7-17)15-13(18)16-12-5-4-9(2)8-11(12)14/h4-5,8,10,17H,3,6-7H2,1-2H3,(H2,15,16,18). The third kappa shape index (κ3) is 4.66. The molecule has 1 atom stereocenters. The third-order valence-electron chi connectivity index (χ3n) is 2.68. The van der Waals surface area contributed by atoms with Crippen molar-refractivity contribution in [2.75, 3.05) is 11.9 Å². The van der Waals surface area contributed by atoms with E-state index in [4.69, 9.17) is 5.11 Å². The molecule has 0 aromatic heterocycles. The maximum Gasteiger partial charge on any atom is 0.319 e. The SMILES string of the molecule is CCC(CCO)NC(=O)Nc1ccc(C)cc1Br. The highest BCUT2D eigenvalue weighted by Crippen LogP contribution is 2.23. The predicted molar refractivity (Wildman–Crippen MR) is 76.8 cm³/mol. The fourth-order valence-electron chi connectivity index (χ4n) is 1.60. The molecule has 1 aromatic rings. The second-order valence-electron chi connectivity index (χ2n) is 4.20. The molecule has 3 N–H and O–H groups in total. The van der Waals surface area contributed by atoms with Gasteiger partial charge in [0.2, 0.25) is 0 Å². The molecule has 0 bridgehead atoms. The first-order valence-corrected chi connectivity index (χ1v) is 6.80. The number of carbonyl (C=O) groups is 1. The van der Waals surface area contributed by atoms with Crippen molar-refractivity contribution in [2.24, 2.45) is 0 Å². The summed E-state index contributed by atoms with van der Waals surface area (Å²) in [4.78, 5) is 11.8. The molecule has 1 rings (SSSR count). The summed E-state index contributed by atoms with van der Waals surface area (Å²) < 4.78 is 0.854. The molecule has 0 aliphatic carbocycles. The Morgan fingerprint density at radius 1 is 1.50 bits per heavy atom. The third-order valence-corrected chi connectivity index (χ3v) is 3.33. The molecule has 0 aliphatic heterocycles. The van der Waals surface area contributed by atoms with Crippen LogP contribution in [0.5, 0.6) is 0 Å². The predicted octanol–water partition coefficient (Wildman–Crippen LogP) is 3.04. The molecule has 1 unspecified atom stereocenters. The molecule has 0 radical (unpaired) electrons. The van der Waals surface area contributed by atoms with Gasteiger partial charge in [-0.25, -0.2) is 4.79 Å². The Morgan fingerprint density at radius 3 is 2.78 bits per heavy atom. The van der Waals surface area contributed by atoms with Gasteiger partial charge in [-0.3, -0.25) is 0 Å². The van der Waals surface area contributed by atoms with Crippen LogP contribution in [0.1, 0.15) is 25.3 Å². The summed E-state index contributed by atoms with van der Waals surface area (Å²) in [5, 5.41) is 14.5. The molecule has 5 heteroatoms. The molecular formula is C13H19BrN2O2. The van der Waals surface area contributed by atoms with Crippen LogP contribution in [0.3, 0.4) is 0 Å². The van der Waals surface area contributed by atoms with Gasteiger partial charge in [0.25, 0.3) is 0 Å². The first-order valence-electron chi connectivity index (χ1n) is 6.01. The average Bonchev–Trinajstić information content (AvgIpc) is 2.32. The molecule has 0 heterocycles. The first kappa shape index (κ1) is 15.0. The Balaban J connectivity index is 2.58. The highest BCUT2D eigenvalue weighted by atomic mass is 79.9. The maximum atomic E-state index is 11.8. The number of hydrogen-bond acceptors (Lipinski definition) is 2. The van der Waals surface area contributed by atoms with Crippen molar-refractivity contribution < 1.29 is 9.90 Å². The fraction of sp³-hybridized carbons (Fsp3) is 0.462. The van der Waals surface area contributed by atoms with E-state index < -0.39 is 0 Å². The second kappa shape index (κ2) is 7.38. The zero-order valence-corrected chi connectivity index (χ0v) is 12.3. The largest absolute Gasteiger partial charge is 0.396 e. The van der Waals surface area contributed by atoms with Crippen molar-refractivity contribution in [3.8, 4) is 0 Å². The number of anilines is 1. The van der Waals surface area contributed by atoms with Crippen molar-refractivity contribution in [3.63, 3.8) is 0 Å². The van der Waals surface area contributed by atoms with Gasteiger partial charge >= 0.3 is 6.03 Å². The van der Waals surface area contributed by atoms with E-state index in [1.807, 2.05) is 32.0 Å².